The standard InChI is InChI=1S/C21H24FN3O2/c1-16-4-2-3-5-19(16)21(27)25-14-12-24(13-15-25)11-10-23-20(26)17-6-8-18(22)9-7-17/h2-9H,10-15H2,1H3,(H,23,26). The number of aryl methyl sites for hydroxylation is 1. The van der Waals surface area contributed by atoms with Gasteiger partial charge >= 0.3 is 0 Å². The van der Waals surface area contributed by atoms with E-state index in [4.69, 9.17) is 0 Å². The lowest BCUT2D eigenvalue weighted by atomic mass is 10.1. The molecular weight excluding hydrogens is 345 g/mol. The van der Waals surface area contributed by atoms with E-state index in [2.05, 4.69) is 10.2 Å². The molecule has 1 fully saturated rings. The Balaban J connectivity index is 1.42. The van der Waals surface area contributed by atoms with Crippen molar-refractivity contribution in [3.05, 3.63) is 71.0 Å². The van der Waals surface area contributed by atoms with Crippen LogP contribution in [-0.4, -0.2) is 60.9 Å². The molecule has 1 saturated heterocycles. The zero-order valence-corrected chi connectivity index (χ0v) is 15.5. The van der Waals surface area contributed by atoms with Crippen molar-refractivity contribution in [1.29, 1.82) is 0 Å². The van der Waals surface area contributed by atoms with Gasteiger partial charge in [-0.25, -0.2) is 4.39 Å². The number of nitrogens with one attached hydrogen (secondary N) is 1. The third kappa shape index (κ3) is 4.92. The Labute approximate surface area is 158 Å². The summed E-state index contributed by atoms with van der Waals surface area (Å²) in [5.41, 5.74) is 2.20. The zero-order chi connectivity index (χ0) is 19.2. The molecule has 0 saturated carbocycles. The van der Waals surface area contributed by atoms with Crippen LogP contribution in [0.15, 0.2) is 48.5 Å². The number of carbonyl (C=O) groups excluding carboxylic acids is 2. The predicted octanol–water partition coefficient (Wildman–Crippen LogP) is 2.32. The second-order valence-electron chi connectivity index (χ2n) is 6.71. The van der Waals surface area contributed by atoms with Gasteiger partial charge in [0.15, 0.2) is 0 Å². The fourth-order valence-corrected chi connectivity index (χ4v) is 3.19. The van der Waals surface area contributed by atoms with Gasteiger partial charge in [-0.05, 0) is 42.8 Å². The molecule has 0 aliphatic carbocycles. The highest BCUT2D eigenvalue weighted by Crippen LogP contribution is 2.12. The Hall–Kier alpha value is -2.73. The number of rotatable bonds is 5. The van der Waals surface area contributed by atoms with Gasteiger partial charge in [0, 0.05) is 50.4 Å². The van der Waals surface area contributed by atoms with Crippen molar-refractivity contribution < 1.29 is 14.0 Å². The molecule has 6 heteroatoms. The summed E-state index contributed by atoms with van der Waals surface area (Å²) in [5.74, 6) is -0.481. The van der Waals surface area contributed by atoms with Gasteiger partial charge in [-0.2, -0.15) is 0 Å². The molecule has 0 spiro atoms. The van der Waals surface area contributed by atoms with Gasteiger partial charge in [0.1, 0.15) is 5.82 Å². The summed E-state index contributed by atoms with van der Waals surface area (Å²) in [7, 11) is 0. The molecule has 5 nitrogen and oxygen atoms in total. The highest BCUT2D eigenvalue weighted by Gasteiger charge is 2.22. The van der Waals surface area contributed by atoms with Crippen LogP contribution < -0.4 is 5.32 Å². The monoisotopic (exact) mass is 369 g/mol. The molecule has 2 amide bonds. The third-order valence-electron chi connectivity index (χ3n) is 4.85. The van der Waals surface area contributed by atoms with Gasteiger partial charge in [-0.15, -0.1) is 0 Å². The van der Waals surface area contributed by atoms with E-state index >= 15 is 0 Å². The number of carbonyl (C=O) groups is 2. The smallest absolute Gasteiger partial charge is 0.254 e. The molecule has 1 N–H and O–H groups in total. The van der Waals surface area contributed by atoms with E-state index in [1.165, 1.54) is 24.3 Å². The van der Waals surface area contributed by atoms with Gasteiger partial charge in [-0.3, -0.25) is 14.5 Å². The Kier molecular flexibility index (Phi) is 6.19. The number of benzene rings is 2. The predicted molar refractivity (Wildman–Crippen MR) is 102 cm³/mol. The minimum atomic E-state index is -0.357. The fraction of sp³-hybridized carbons (Fsp3) is 0.333. The minimum absolute atomic E-state index is 0.0809. The minimum Gasteiger partial charge on any atom is -0.351 e. The van der Waals surface area contributed by atoms with Gasteiger partial charge in [0.05, 0.1) is 0 Å². The normalized spacial score (nSPS) is 14.8. The van der Waals surface area contributed by atoms with Crippen molar-refractivity contribution in [1.82, 2.24) is 15.1 Å². The number of hydrogen-bond acceptors (Lipinski definition) is 3. The van der Waals surface area contributed by atoms with E-state index < -0.39 is 0 Å². The molecule has 0 aromatic heterocycles. The number of halogens is 1. The molecule has 0 atom stereocenters. The van der Waals surface area contributed by atoms with E-state index in [0.29, 0.717) is 25.2 Å². The maximum atomic E-state index is 12.9. The zero-order valence-electron chi connectivity index (χ0n) is 15.5. The van der Waals surface area contributed by atoms with Gasteiger partial charge in [-0.1, -0.05) is 18.2 Å². The van der Waals surface area contributed by atoms with Crippen LogP contribution in [-0.2, 0) is 0 Å². The molecule has 3 rings (SSSR count). The summed E-state index contributed by atoms with van der Waals surface area (Å²) in [4.78, 5) is 28.8. The van der Waals surface area contributed by atoms with E-state index in [9.17, 15) is 14.0 Å². The van der Waals surface area contributed by atoms with Crippen LogP contribution in [0.1, 0.15) is 26.3 Å². The van der Waals surface area contributed by atoms with Crippen molar-refractivity contribution >= 4 is 11.8 Å². The molecule has 0 unspecified atom stereocenters. The molecule has 27 heavy (non-hydrogen) atoms. The molecule has 1 heterocycles. The molecule has 1 aliphatic heterocycles. The highest BCUT2D eigenvalue weighted by molar-refractivity contribution is 5.95. The first kappa shape index (κ1) is 19.0. The average Bonchev–Trinajstić information content (AvgIpc) is 2.69. The molecule has 142 valence electrons. The maximum absolute atomic E-state index is 12.9. The molecule has 1 aliphatic rings. The molecule has 0 radical (unpaired) electrons. The van der Waals surface area contributed by atoms with Crippen LogP contribution in [0.5, 0.6) is 0 Å². The topological polar surface area (TPSA) is 52.7 Å². The second kappa shape index (κ2) is 8.77. The first-order valence-corrected chi connectivity index (χ1v) is 9.15. The third-order valence-corrected chi connectivity index (χ3v) is 4.85. The van der Waals surface area contributed by atoms with Crippen molar-refractivity contribution in [3.8, 4) is 0 Å². The Morgan fingerprint density at radius 1 is 1.00 bits per heavy atom. The van der Waals surface area contributed by atoms with Gasteiger partial charge in [0.25, 0.3) is 11.8 Å². The summed E-state index contributed by atoms with van der Waals surface area (Å²) in [5, 5.41) is 2.85. The quantitative estimate of drug-likeness (QED) is 0.880. The van der Waals surface area contributed by atoms with E-state index in [0.717, 1.165) is 30.8 Å². The summed E-state index contributed by atoms with van der Waals surface area (Å²) in [6.45, 7) is 6.11. The van der Waals surface area contributed by atoms with Crippen molar-refractivity contribution in [2.45, 2.75) is 6.92 Å². The summed E-state index contributed by atoms with van der Waals surface area (Å²) in [6.07, 6.45) is 0. The summed E-state index contributed by atoms with van der Waals surface area (Å²) in [6, 6.07) is 13.1. The number of piperazine rings is 1. The second-order valence-corrected chi connectivity index (χ2v) is 6.71. The van der Waals surface area contributed by atoms with Crippen LogP contribution in [0.4, 0.5) is 4.39 Å². The maximum Gasteiger partial charge on any atom is 0.254 e. The highest BCUT2D eigenvalue weighted by atomic mass is 19.1. The van der Waals surface area contributed by atoms with Crippen LogP contribution in [0, 0.1) is 12.7 Å². The van der Waals surface area contributed by atoms with E-state index in [-0.39, 0.29) is 17.6 Å². The number of amides is 2. The number of nitrogens with zero attached hydrogens (tertiary/aromatic N) is 2. The lowest BCUT2D eigenvalue weighted by molar-refractivity contribution is 0.0637. The van der Waals surface area contributed by atoms with E-state index in [1.54, 1.807) is 0 Å². The summed E-state index contributed by atoms with van der Waals surface area (Å²) >= 11 is 0. The molecule has 2 aromatic rings. The summed E-state index contributed by atoms with van der Waals surface area (Å²) < 4.78 is 12.9. The van der Waals surface area contributed by atoms with Crippen LogP contribution >= 0.6 is 0 Å². The largest absolute Gasteiger partial charge is 0.351 e. The van der Waals surface area contributed by atoms with Crippen LogP contribution in [0.3, 0.4) is 0 Å². The van der Waals surface area contributed by atoms with Crippen molar-refractivity contribution in [3.63, 3.8) is 0 Å². The molecule has 0 bridgehead atoms. The van der Waals surface area contributed by atoms with Crippen LogP contribution in [0.25, 0.3) is 0 Å². The first-order valence-electron chi connectivity index (χ1n) is 9.15. The number of hydrogen-bond donors (Lipinski definition) is 1. The van der Waals surface area contributed by atoms with Gasteiger partial charge < -0.3 is 10.2 Å². The lowest BCUT2D eigenvalue weighted by Gasteiger charge is -2.35. The van der Waals surface area contributed by atoms with E-state index in [1.807, 2.05) is 36.1 Å². The Bertz CT molecular complexity index is 799. The Morgan fingerprint density at radius 3 is 2.33 bits per heavy atom. The van der Waals surface area contributed by atoms with Crippen molar-refractivity contribution in [2.75, 3.05) is 39.3 Å². The SMILES string of the molecule is Cc1ccccc1C(=O)N1CCN(CCNC(=O)c2ccc(F)cc2)CC1. The Morgan fingerprint density at radius 2 is 1.67 bits per heavy atom. The molecule has 2 aromatic carbocycles. The van der Waals surface area contributed by atoms with Crippen molar-refractivity contribution in [2.24, 2.45) is 0 Å². The first-order chi connectivity index (χ1) is 13.0. The van der Waals surface area contributed by atoms with Gasteiger partial charge in [0.2, 0.25) is 0 Å². The lowest BCUT2D eigenvalue weighted by Crippen LogP contribution is -2.50. The fourth-order valence-electron chi connectivity index (χ4n) is 3.19. The van der Waals surface area contributed by atoms with Crippen LogP contribution in [0.2, 0.25) is 0 Å². The average molecular weight is 369 g/mol. The molecular formula is C21H24FN3O2.